The van der Waals surface area contributed by atoms with E-state index in [2.05, 4.69) is 0 Å². The summed E-state index contributed by atoms with van der Waals surface area (Å²) in [6.45, 7) is 0.863. The zero-order valence-electron chi connectivity index (χ0n) is 18.5. The Balaban J connectivity index is 2.10. The van der Waals surface area contributed by atoms with Gasteiger partial charge >= 0.3 is 0 Å². The van der Waals surface area contributed by atoms with Gasteiger partial charge in [-0.25, -0.2) is 12.7 Å². The maximum absolute atomic E-state index is 12.9. The number of rotatable bonds is 7. The van der Waals surface area contributed by atoms with Crippen LogP contribution in [0.2, 0.25) is 0 Å². The molecular formula is C23H27N3O5S. The second-order valence-corrected chi connectivity index (χ2v) is 10.2. The molecule has 0 spiro atoms. The van der Waals surface area contributed by atoms with Crippen LogP contribution in [-0.4, -0.2) is 80.6 Å². The number of sulfonamides is 1. The standard InChI is InChI=1S/C23H27N3O5S/c1-24(2)14-15-26-20(16-8-6-5-7-9-16)19(22(28)23(26)29)21(27)17-10-12-18(13-11-17)32(30,31)25(3)4/h5-13,20,27H,14-15H2,1-4H3/b21-19+. The van der Waals surface area contributed by atoms with Gasteiger partial charge in [0.15, 0.2) is 0 Å². The maximum Gasteiger partial charge on any atom is 0.295 e. The quantitative estimate of drug-likeness (QED) is 0.388. The first-order chi connectivity index (χ1) is 15.1. The Morgan fingerprint density at radius 2 is 1.56 bits per heavy atom. The van der Waals surface area contributed by atoms with Gasteiger partial charge in [-0.05, 0) is 43.9 Å². The third-order valence-electron chi connectivity index (χ3n) is 5.35. The lowest BCUT2D eigenvalue weighted by molar-refractivity contribution is -0.140. The Morgan fingerprint density at radius 3 is 2.09 bits per heavy atom. The van der Waals surface area contributed by atoms with E-state index in [1.165, 1.54) is 43.3 Å². The minimum absolute atomic E-state index is 0.0110. The van der Waals surface area contributed by atoms with Gasteiger partial charge in [0.1, 0.15) is 5.76 Å². The van der Waals surface area contributed by atoms with E-state index in [1.54, 1.807) is 12.1 Å². The van der Waals surface area contributed by atoms with Crippen LogP contribution in [0, 0.1) is 0 Å². The molecule has 0 bridgehead atoms. The highest BCUT2D eigenvalue weighted by Crippen LogP contribution is 2.39. The number of Topliss-reactive ketones (excluding diaryl/α,β-unsaturated/α-hetero) is 1. The van der Waals surface area contributed by atoms with E-state index in [0.717, 1.165) is 4.31 Å². The number of likely N-dealkylation sites (tertiary alicyclic amines) is 1. The lowest BCUT2D eigenvalue weighted by Gasteiger charge is -2.26. The van der Waals surface area contributed by atoms with Crippen LogP contribution in [0.15, 0.2) is 65.1 Å². The van der Waals surface area contributed by atoms with Crippen molar-refractivity contribution in [3.05, 3.63) is 71.3 Å². The first-order valence-corrected chi connectivity index (χ1v) is 11.5. The molecule has 1 aliphatic heterocycles. The highest BCUT2D eigenvalue weighted by atomic mass is 32.2. The lowest BCUT2D eigenvalue weighted by atomic mass is 9.95. The van der Waals surface area contributed by atoms with Crippen LogP contribution in [0.25, 0.3) is 5.76 Å². The highest BCUT2D eigenvalue weighted by molar-refractivity contribution is 7.89. The molecular weight excluding hydrogens is 430 g/mol. The van der Waals surface area contributed by atoms with E-state index >= 15 is 0 Å². The summed E-state index contributed by atoms with van der Waals surface area (Å²) in [5, 5.41) is 11.0. The molecule has 1 N–H and O–H groups in total. The van der Waals surface area contributed by atoms with E-state index in [0.29, 0.717) is 18.7 Å². The molecule has 1 aliphatic rings. The summed E-state index contributed by atoms with van der Waals surface area (Å²) in [5.74, 6) is -1.77. The zero-order valence-corrected chi connectivity index (χ0v) is 19.3. The van der Waals surface area contributed by atoms with Crippen molar-refractivity contribution in [2.24, 2.45) is 0 Å². The number of ketones is 1. The fourth-order valence-electron chi connectivity index (χ4n) is 3.55. The molecule has 0 aromatic heterocycles. The van der Waals surface area contributed by atoms with E-state index in [1.807, 2.05) is 37.2 Å². The van der Waals surface area contributed by atoms with Crippen molar-refractivity contribution in [3.63, 3.8) is 0 Å². The molecule has 1 amide bonds. The highest BCUT2D eigenvalue weighted by Gasteiger charge is 2.45. The topological polar surface area (TPSA) is 98.2 Å². The van der Waals surface area contributed by atoms with E-state index in [4.69, 9.17) is 0 Å². The number of aliphatic hydroxyl groups excluding tert-OH is 1. The van der Waals surface area contributed by atoms with E-state index in [-0.39, 0.29) is 21.8 Å². The molecule has 170 valence electrons. The molecule has 9 heteroatoms. The minimum atomic E-state index is -3.63. The summed E-state index contributed by atoms with van der Waals surface area (Å²) in [6, 6.07) is 13.9. The van der Waals surface area contributed by atoms with Crippen LogP contribution in [0.1, 0.15) is 17.2 Å². The molecule has 2 aromatic rings. The van der Waals surface area contributed by atoms with Crippen molar-refractivity contribution in [1.82, 2.24) is 14.1 Å². The zero-order chi connectivity index (χ0) is 23.6. The third kappa shape index (κ3) is 4.45. The van der Waals surface area contributed by atoms with E-state index in [9.17, 15) is 23.1 Å². The Labute approximate surface area is 188 Å². The lowest BCUT2D eigenvalue weighted by Crippen LogP contribution is -2.35. The normalized spacial score (nSPS) is 18.7. The molecule has 0 saturated carbocycles. The number of hydrogen-bond acceptors (Lipinski definition) is 6. The van der Waals surface area contributed by atoms with Gasteiger partial charge in [0.05, 0.1) is 16.5 Å². The second-order valence-electron chi connectivity index (χ2n) is 8.02. The van der Waals surface area contributed by atoms with E-state index < -0.39 is 27.8 Å². The van der Waals surface area contributed by atoms with Crippen molar-refractivity contribution in [3.8, 4) is 0 Å². The Kier molecular flexibility index (Phi) is 6.82. The van der Waals surface area contributed by atoms with Gasteiger partial charge in [-0.1, -0.05) is 30.3 Å². The summed E-state index contributed by atoms with van der Waals surface area (Å²) in [6.07, 6.45) is 0. The summed E-state index contributed by atoms with van der Waals surface area (Å²) in [4.78, 5) is 29.2. The average Bonchev–Trinajstić information content (AvgIpc) is 3.02. The van der Waals surface area contributed by atoms with Gasteiger partial charge in [-0.15, -0.1) is 0 Å². The molecule has 1 saturated heterocycles. The van der Waals surface area contributed by atoms with Gasteiger partial charge < -0.3 is 14.9 Å². The summed E-state index contributed by atoms with van der Waals surface area (Å²) in [7, 11) is 2.97. The van der Waals surface area contributed by atoms with Crippen molar-refractivity contribution >= 4 is 27.5 Å². The Hall–Kier alpha value is -3.01. The van der Waals surface area contributed by atoms with Crippen molar-refractivity contribution < 1.29 is 23.1 Å². The molecule has 1 unspecified atom stereocenters. The molecule has 1 fully saturated rings. The monoisotopic (exact) mass is 457 g/mol. The number of carbonyl (C=O) groups excluding carboxylic acids is 2. The van der Waals surface area contributed by atoms with Crippen molar-refractivity contribution in [1.29, 1.82) is 0 Å². The molecule has 32 heavy (non-hydrogen) atoms. The Morgan fingerprint density at radius 1 is 0.969 bits per heavy atom. The molecule has 3 rings (SSSR count). The summed E-state index contributed by atoms with van der Waals surface area (Å²) in [5.41, 5.74) is 0.955. The number of carbonyl (C=O) groups is 2. The number of nitrogens with zero attached hydrogens (tertiary/aromatic N) is 3. The number of amides is 1. The first-order valence-electron chi connectivity index (χ1n) is 10.1. The molecule has 2 aromatic carbocycles. The van der Waals surface area contributed by atoms with Gasteiger partial charge in [-0.2, -0.15) is 0 Å². The maximum atomic E-state index is 12.9. The van der Waals surface area contributed by atoms with Gasteiger partial charge in [0, 0.05) is 32.7 Å². The van der Waals surface area contributed by atoms with Crippen molar-refractivity contribution in [2.75, 3.05) is 41.3 Å². The predicted octanol–water partition coefficient (Wildman–Crippen LogP) is 1.92. The number of hydrogen-bond donors (Lipinski definition) is 1. The predicted molar refractivity (Wildman–Crippen MR) is 121 cm³/mol. The van der Waals surface area contributed by atoms with Gasteiger partial charge in [-0.3, -0.25) is 9.59 Å². The smallest absolute Gasteiger partial charge is 0.295 e. The van der Waals surface area contributed by atoms with Crippen LogP contribution in [-0.2, 0) is 19.6 Å². The summed E-state index contributed by atoms with van der Waals surface area (Å²) >= 11 is 0. The largest absolute Gasteiger partial charge is 0.507 e. The van der Waals surface area contributed by atoms with Crippen LogP contribution in [0.3, 0.4) is 0 Å². The molecule has 8 nitrogen and oxygen atoms in total. The third-order valence-corrected chi connectivity index (χ3v) is 7.18. The number of benzene rings is 2. The molecule has 1 heterocycles. The molecule has 0 aliphatic carbocycles. The van der Waals surface area contributed by atoms with Gasteiger partial charge in [0.25, 0.3) is 11.7 Å². The molecule has 1 atom stereocenters. The van der Waals surface area contributed by atoms with Crippen LogP contribution in [0.5, 0.6) is 0 Å². The first kappa shape index (κ1) is 23.6. The fourth-order valence-corrected chi connectivity index (χ4v) is 4.45. The number of likely N-dealkylation sites (N-methyl/N-ethyl adjacent to an activating group) is 1. The molecule has 0 radical (unpaired) electrons. The minimum Gasteiger partial charge on any atom is -0.507 e. The van der Waals surface area contributed by atoms with Crippen LogP contribution >= 0.6 is 0 Å². The summed E-state index contributed by atoms with van der Waals surface area (Å²) < 4.78 is 25.7. The second kappa shape index (κ2) is 9.23. The SMILES string of the molecule is CN(C)CCN1C(=O)C(=O)/C(=C(/O)c2ccc(S(=O)(=O)N(C)C)cc2)C1c1ccccc1. The van der Waals surface area contributed by atoms with Crippen molar-refractivity contribution in [2.45, 2.75) is 10.9 Å². The Bertz CT molecular complexity index is 1140. The van der Waals surface area contributed by atoms with Gasteiger partial charge in [0.2, 0.25) is 10.0 Å². The van der Waals surface area contributed by atoms with Crippen LogP contribution in [0.4, 0.5) is 0 Å². The number of aliphatic hydroxyl groups is 1. The fraction of sp³-hybridized carbons (Fsp3) is 0.304. The van der Waals surface area contributed by atoms with Crippen LogP contribution < -0.4 is 0 Å². The average molecular weight is 458 g/mol.